The Kier molecular flexibility index (Phi) is 1.07. The van der Waals surface area contributed by atoms with Gasteiger partial charge in [-0.1, -0.05) is 18.2 Å². The Hall–Kier alpha value is -1.35. The lowest BCUT2D eigenvalue weighted by Crippen LogP contribution is -1.79. The lowest BCUT2D eigenvalue weighted by atomic mass is 10.2. The standard InChI is InChI=1S/C9H8N2O/c1-2-4-7-6(3-1)9(11-10-7)8-5-12-8/h1-4,8H,5H2,(H,10,11). The molecule has 1 aromatic carbocycles. The largest absolute Gasteiger partial charge is 0.366 e. The van der Waals surface area contributed by atoms with Crippen LogP contribution in [0.2, 0.25) is 0 Å². The van der Waals surface area contributed by atoms with Crippen LogP contribution in [0.3, 0.4) is 0 Å². The van der Waals surface area contributed by atoms with Crippen molar-refractivity contribution in [2.45, 2.75) is 6.10 Å². The highest BCUT2D eigenvalue weighted by Gasteiger charge is 2.28. The van der Waals surface area contributed by atoms with Crippen molar-refractivity contribution in [3.8, 4) is 0 Å². The number of nitrogens with one attached hydrogen (secondary N) is 1. The Labute approximate surface area is 69.3 Å². The third-order valence-corrected chi connectivity index (χ3v) is 2.15. The van der Waals surface area contributed by atoms with E-state index in [0.717, 1.165) is 17.8 Å². The average molecular weight is 160 g/mol. The molecule has 3 heteroatoms. The second kappa shape index (κ2) is 2.08. The quantitative estimate of drug-likeness (QED) is 0.644. The van der Waals surface area contributed by atoms with Crippen molar-refractivity contribution >= 4 is 10.9 Å². The summed E-state index contributed by atoms with van der Waals surface area (Å²) in [6.07, 6.45) is 0.261. The molecule has 1 N–H and O–H groups in total. The van der Waals surface area contributed by atoms with Crippen molar-refractivity contribution < 1.29 is 4.74 Å². The number of nitrogens with zero attached hydrogens (tertiary/aromatic N) is 1. The Morgan fingerprint density at radius 1 is 1.42 bits per heavy atom. The van der Waals surface area contributed by atoms with Crippen molar-refractivity contribution in [2.24, 2.45) is 0 Å². The number of rotatable bonds is 1. The smallest absolute Gasteiger partial charge is 0.123 e. The summed E-state index contributed by atoms with van der Waals surface area (Å²) in [4.78, 5) is 0. The van der Waals surface area contributed by atoms with Crippen LogP contribution in [0.1, 0.15) is 11.8 Å². The van der Waals surface area contributed by atoms with Gasteiger partial charge in [0.1, 0.15) is 6.10 Å². The van der Waals surface area contributed by atoms with Gasteiger partial charge in [-0.3, -0.25) is 5.10 Å². The molecular weight excluding hydrogens is 152 g/mol. The molecule has 60 valence electrons. The summed E-state index contributed by atoms with van der Waals surface area (Å²) in [7, 11) is 0. The molecule has 0 bridgehead atoms. The van der Waals surface area contributed by atoms with Crippen LogP contribution >= 0.6 is 0 Å². The monoisotopic (exact) mass is 160 g/mol. The fourth-order valence-electron chi connectivity index (χ4n) is 1.44. The first kappa shape index (κ1) is 6.20. The average Bonchev–Trinajstić information content (AvgIpc) is 2.86. The Morgan fingerprint density at radius 2 is 2.25 bits per heavy atom. The molecule has 12 heavy (non-hydrogen) atoms. The highest BCUT2D eigenvalue weighted by Crippen LogP contribution is 2.32. The van der Waals surface area contributed by atoms with Gasteiger partial charge in [0.25, 0.3) is 0 Å². The van der Waals surface area contributed by atoms with Gasteiger partial charge in [-0.05, 0) is 6.07 Å². The highest BCUT2D eigenvalue weighted by molar-refractivity contribution is 5.81. The zero-order chi connectivity index (χ0) is 7.97. The molecule has 1 unspecified atom stereocenters. The summed E-state index contributed by atoms with van der Waals surface area (Å²) in [5.74, 6) is 0. The molecule has 0 spiro atoms. The molecule has 0 aliphatic carbocycles. The number of para-hydroxylation sites is 1. The van der Waals surface area contributed by atoms with Crippen LogP contribution in [0, 0.1) is 0 Å². The predicted molar refractivity (Wildman–Crippen MR) is 44.8 cm³/mol. The fourth-order valence-corrected chi connectivity index (χ4v) is 1.44. The normalized spacial score (nSPS) is 21.5. The second-order valence-electron chi connectivity index (χ2n) is 2.98. The number of fused-ring (bicyclic) bond motifs is 1. The van der Waals surface area contributed by atoms with Gasteiger partial charge in [0.2, 0.25) is 0 Å². The van der Waals surface area contributed by atoms with Gasteiger partial charge in [-0.2, -0.15) is 5.10 Å². The van der Waals surface area contributed by atoms with Crippen molar-refractivity contribution in [3.05, 3.63) is 30.0 Å². The van der Waals surface area contributed by atoms with E-state index in [0.29, 0.717) is 0 Å². The zero-order valence-corrected chi connectivity index (χ0v) is 6.45. The van der Waals surface area contributed by atoms with Crippen LogP contribution in [-0.2, 0) is 4.74 Å². The summed E-state index contributed by atoms with van der Waals surface area (Å²) in [5, 5.41) is 8.36. The molecule has 1 fully saturated rings. The maximum Gasteiger partial charge on any atom is 0.123 e. The van der Waals surface area contributed by atoms with Gasteiger partial charge in [-0.25, -0.2) is 0 Å². The number of epoxide rings is 1. The first-order chi connectivity index (χ1) is 5.95. The van der Waals surface area contributed by atoms with Gasteiger partial charge in [0, 0.05) is 5.39 Å². The maximum atomic E-state index is 5.19. The molecule has 0 saturated carbocycles. The third kappa shape index (κ3) is 0.769. The molecule has 1 aliphatic rings. The zero-order valence-electron chi connectivity index (χ0n) is 6.45. The lowest BCUT2D eigenvalue weighted by Gasteiger charge is -1.88. The Morgan fingerprint density at radius 3 is 3.08 bits per heavy atom. The van der Waals surface area contributed by atoms with E-state index in [1.54, 1.807) is 0 Å². The molecule has 3 nitrogen and oxygen atoms in total. The first-order valence-electron chi connectivity index (χ1n) is 4.00. The van der Waals surface area contributed by atoms with Crippen molar-refractivity contribution in [2.75, 3.05) is 6.61 Å². The number of aromatic nitrogens is 2. The number of benzene rings is 1. The highest BCUT2D eigenvalue weighted by atomic mass is 16.6. The molecule has 1 aromatic heterocycles. The fraction of sp³-hybridized carbons (Fsp3) is 0.222. The summed E-state index contributed by atoms with van der Waals surface area (Å²) in [5.41, 5.74) is 2.13. The molecule has 3 rings (SSSR count). The SMILES string of the molecule is c1ccc2c(C3CO3)[nH]nc2c1. The molecule has 0 amide bonds. The number of H-pyrrole nitrogens is 1. The minimum absolute atomic E-state index is 0.261. The van der Waals surface area contributed by atoms with Gasteiger partial charge in [0.05, 0.1) is 17.8 Å². The molecular formula is C9H8N2O. The van der Waals surface area contributed by atoms with Crippen LogP contribution in [0.4, 0.5) is 0 Å². The number of hydrogen-bond donors (Lipinski definition) is 1. The topological polar surface area (TPSA) is 41.2 Å². The first-order valence-corrected chi connectivity index (χ1v) is 4.00. The van der Waals surface area contributed by atoms with Gasteiger partial charge in [-0.15, -0.1) is 0 Å². The lowest BCUT2D eigenvalue weighted by molar-refractivity contribution is 0.412. The number of hydrogen-bond acceptors (Lipinski definition) is 2. The van der Waals surface area contributed by atoms with E-state index in [9.17, 15) is 0 Å². The van der Waals surface area contributed by atoms with Crippen molar-refractivity contribution in [3.63, 3.8) is 0 Å². The van der Waals surface area contributed by atoms with E-state index in [1.807, 2.05) is 18.2 Å². The van der Waals surface area contributed by atoms with Crippen LogP contribution in [0.25, 0.3) is 10.9 Å². The maximum absolute atomic E-state index is 5.19. The summed E-state index contributed by atoms with van der Waals surface area (Å²) < 4.78 is 5.19. The van der Waals surface area contributed by atoms with Gasteiger partial charge >= 0.3 is 0 Å². The van der Waals surface area contributed by atoms with Crippen LogP contribution in [-0.4, -0.2) is 16.8 Å². The van der Waals surface area contributed by atoms with E-state index < -0.39 is 0 Å². The predicted octanol–water partition coefficient (Wildman–Crippen LogP) is 1.63. The van der Waals surface area contributed by atoms with Crippen molar-refractivity contribution in [1.82, 2.24) is 10.2 Å². The minimum atomic E-state index is 0.261. The molecule has 1 saturated heterocycles. The Bertz CT molecular complexity index is 417. The second-order valence-corrected chi connectivity index (χ2v) is 2.98. The minimum Gasteiger partial charge on any atom is -0.366 e. The molecule has 2 aromatic rings. The van der Waals surface area contributed by atoms with Crippen molar-refractivity contribution in [1.29, 1.82) is 0 Å². The molecule has 2 heterocycles. The van der Waals surface area contributed by atoms with E-state index in [4.69, 9.17) is 4.74 Å². The molecule has 0 radical (unpaired) electrons. The van der Waals surface area contributed by atoms with E-state index in [1.165, 1.54) is 5.39 Å². The summed E-state index contributed by atoms with van der Waals surface area (Å²) in [6, 6.07) is 8.07. The summed E-state index contributed by atoms with van der Waals surface area (Å²) in [6.45, 7) is 0.826. The van der Waals surface area contributed by atoms with Gasteiger partial charge < -0.3 is 4.74 Å². The Balaban J connectivity index is 2.30. The van der Waals surface area contributed by atoms with E-state index >= 15 is 0 Å². The van der Waals surface area contributed by atoms with Crippen LogP contribution in [0.15, 0.2) is 24.3 Å². The third-order valence-electron chi connectivity index (χ3n) is 2.15. The number of ether oxygens (including phenoxy) is 1. The molecule has 1 atom stereocenters. The number of aromatic amines is 1. The van der Waals surface area contributed by atoms with Crippen LogP contribution < -0.4 is 0 Å². The molecule has 1 aliphatic heterocycles. The van der Waals surface area contributed by atoms with Gasteiger partial charge in [0.15, 0.2) is 0 Å². The van der Waals surface area contributed by atoms with E-state index in [2.05, 4.69) is 16.3 Å². The summed E-state index contributed by atoms with van der Waals surface area (Å²) >= 11 is 0. The van der Waals surface area contributed by atoms with Crippen LogP contribution in [0.5, 0.6) is 0 Å². The van der Waals surface area contributed by atoms with E-state index in [-0.39, 0.29) is 6.10 Å².